The van der Waals surface area contributed by atoms with Crippen LogP contribution in [0.15, 0.2) is 0 Å². The van der Waals surface area contributed by atoms with Crippen LogP contribution in [-0.4, -0.2) is 54.3 Å². The Hall–Kier alpha value is -0.810. The van der Waals surface area contributed by atoms with Gasteiger partial charge in [-0.3, -0.25) is 9.59 Å². The smallest absolute Gasteiger partial charge is 0.226 e. The standard InChI is InChI=1S/C13H23N3O2.ClH/c1-15-7-5-10(8-12(15)17)13(18)16-6-3-2-4-11(16)9-14;/h10-11H,2-9,14H2,1H3;1H. The fraction of sp³-hybridized carbons (Fsp3) is 0.846. The molecular formula is C13H24ClN3O2. The van der Waals surface area contributed by atoms with Crippen LogP contribution in [0.5, 0.6) is 0 Å². The summed E-state index contributed by atoms with van der Waals surface area (Å²) < 4.78 is 0. The molecule has 2 aliphatic rings. The zero-order chi connectivity index (χ0) is 13.1. The van der Waals surface area contributed by atoms with Crippen LogP contribution in [0.1, 0.15) is 32.1 Å². The Kier molecular flexibility index (Phi) is 6.07. The van der Waals surface area contributed by atoms with Crippen molar-refractivity contribution in [1.82, 2.24) is 9.80 Å². The first-order chi connectivity index (χ1) is 8.63. The summed E-state index contributed by atoms with van der Waals surface area (Å²) in [7, 11) is 1.80. The van der Waals surface area contributed by atoms with Crippen molar-refractivity contribution < 1.29 is 9.59 Å². The van der Waals surface area contributed by atoms with Gasteiger partial charge in [-0.2, -0.15) is 0 Å². The molecule has 2 rings (SSSR count). The third-order valence-corrected chi connectivity index (χ3v) is 4.19. The second-order valence-corrected chi connectivity index (χ2v) is 5.42. The second kappa shape index (κ2) is 7.10. The molecule has 2 atom stereocenters. The van der Waals surface area contributed by atoms with Gasteiger partial charge in [0.05, 0.1) is 0 Å². The van der Waals surface area contributed by atoms with Gasteiger partial charge in [-0.05, 0) is 25.7 Å². The number of nitrogens with zero attached hydrogens (tertiary/aromatic N) is 2. The van der Waals surface area contributed by atoms with Crippen LogP contribution in [-0.2, 0) is 9.59 Å². The highest BCUT2D eigenvalue weighted by atomic mass is 35.5. The van der Waals surface area contributed by atoms with Gasteiger partial charge in [0.2, 0.25) is 11.8 Å². The maximum atomic E-state index is 12.5. The lowest BCUT2D eigenvalue weighted by molar-refractivity contribution is -0.146. The number of hydrogen-bond donors (Lipinski definition) is 1. The number of carbonyl (C=O) groups excluding carboxylic acids is 2. The van der Waals surface area contributed by atoms with Crippen molar-refractivity contribution in [3.8, 4) is 0 Å². The van der Waals surface area contributed by atoms with Gasteiger partial charge in [0.25, 0.3) is 0 Å². The third-order valence-electron chi connectivity index (χ3n) is 4.19. The summed E-state index contributed by atoms with van der Waals surface area (Å²) in [4.78, 5) is 27.8. The largest absolute Gasteiger partial charge is 0.346 e. The Morgan fingerprint density at radius 3 is 2.68 bits per heavy atom. The zero-order valence-corrected chi connectivity index (χ0v) is 12.3. The van der Waals surface area contributed by atoms with Crippen LogP contribution < -0.4 is 5.73 Å². The molecule has 2 N–H and O–H groups in total. The normalized spacial score (nSPS) is 28.0. The second-order valence-electron chi connectivity index (χ2n) is 5.42. The number of amides is 2. The quantitative estimate of drug-likeness (QED) is 0.810. The van der Waals surface area contributed by atoms with E-state index in [4.69, 9.17) is 5.73 Å². The molecule has 6 heteroatoms. The highest BCUT2D eigenvalue weighted by Gasteiger charge is 2.34. The average molecular weight is 290 g/mol. The molecule has 2 saturated heterocycles. The molecule has 2 aliphatic heterocycles. The Bertz CT molecular complexity index is 338. The van der Waals surface area contributed by atoms with E-state index in [2.05, 4.69) is 0 Å². The topological polar surface area (TPSA) is 66.6 Å². The number of rotatable bonds is 2. The maximum absolute atomic E-state index is 12.5. The minimum atomic E-state index is -0.124. The fourth-order valence-corrected chi connectivity index (χ4v) is 2.92. The van der Waals surface area contributed by atoms with Gasteiger partial charge in [0.15, 0.2) is 0 Å². The molecule has 2 amide bonds. The molecule has 110 valence electrons. The van der Waals surface area contributed by atoms with E-state index < -0.39 is 0 Å². The minimum Gasteiger partial charge on any atom is -0.346 e. The summed E-state index contributed by atoms with van der Waals surface area (Å²) in [6, 6.07) is 0.181. The van der Waals surface area contributed by atoms with Crippen LogP contribution in [0.4, 0.5) is 0 Å². The van der Waals surface area contributed by atoms with Crippen LogP contribution in [0, 0.1) is 5.92 Å². The van der Waals surface area contributed by atoms with E-state index in [1.807, 2.05) is 4.90 Å². The average Bonchev–Trinajstić information content (AvgIpc) is 2.41. The molecule has 2 unspecified atom stereocenters. The van der Waals surface area contributed by atoms with Crippen molar-refractivity contribution in [1.29, 1.82) is 0 Å². The molecule has 0 radical (unpaired) electrons. The number of hydrogen-bond acceptors (Lipinski definition) is 3. The molecule has 0 saturated carbocycles. The first kappa shape index (κ1) is 16.2. The van der Waals surface area contributed by atoms with Crippen LogP contribution in [0.25, 0.3) is 0 Å². The van der Waals surface area contributed by atoms with Crippen LogP contribution >= 0.6 is 12.4 Å². The molecule has 2 fully saturated rings. The highest BCUT2D eigenvalue weighted by molar-refractivity contribution is 5.87. The molecular weight excluding hydrogens is 266 g/mol. The molecule has 0 aliphatic carbocycles. The van der Waals surface area contributed by atoms with Crippen molar-refractivity contribution in [2.45, 2.75) is 38.1 Å². The van der Waals surface area contributed by atoms with Crippen LogP contribution in [0.3, 0.4) is 0 Å². The molecule has 0 aromatic heterocycles. The predicted molar refractivity (Wildman–Crippen MR) is 76.0 cm³/mol. The Labute approximate surface area is 120 Å². The van der Waals surface area contributed by atoms with Gasteiger partial charge in [-0.25, -0.2) is 0 Å². The van der Waals surface area contributed by atoms with Crippen molar-refractivity contribution in [2.75, 3.05) is 26.7 Å². The Morgan fingerprint density at radius 1 is 1.32 bits per heavy atom. The van der Waals surface area contributed by atoms with Gasteiger partial charge in [-0.15, -0.1) is 12.4 Å². The molecule has 0 aromatic rings. The van der Waals surface area contributed by atoms with E-state index in [-0.39, 0.29) is 36.2 Å². The van der Waals surface area contributed by atoms with Gasteiger partial charge in [-0.1, -0.05) is 0 Å². The van der Waals surface area contributed by atoms with E-state index in [1.165, 1.54) is 0 Å². The Morgan fingerprint density at radius 2 is 2.05 bits per heavy atom. The summed E-state index contributed by atoms with van der Waals surface area (Å²) in [6.45, 7) is 2.03. The number of nitrogens with two attached hydrogens (primary N) is 1. The van der Waals surface area contributed by atoms with Gasteiger partial charge < -0.3 is 15.5 Å². The van der Waals surface area contributed by atoms with E-state index in [0.29, 0.717) is 19.5 Å². The summed E-state index contributed by atoms with van der Waals surface area (Å²) in [5.74, 6) is 0.105. The van der Waals surface area contributed by atoms with Crippen molar-refractivity contribution >= 4 is 24.2 Å². The number of piperidine rings is 2. The first-order valence-corrected chi connectivity index (χ1v) is 6.88. The van der Waals surface area contributed by atoms with Crippen molar-refractivity contribution in [3.05, 3.63) is 0 Å². The van der Waals surface area contributed by atoms with Crippen molar-refractivity contribution in [3.63, 3.8) is 0 Å². The third kappa shape index (κ3) is 3.60. The molecule has 0 spiro atoms. The lowest BCUT2D eigenvalue weighted by Gasteiger charge is -2.38. The molecule has 2 heterocycles. The fourth-order valence-electron chi connectivity index (χ4n) is 2.92. The van der Waals surface area contributed by atoms with E-state index in [0.717, 1.165) is 32.2 Å². The number of carbonyl (C=O) groups is 2. The maximum Gasteiger partial charge on any atom is 0.226 e. The molecule has 0 bridgehead atoms. The number of halogens is 1. The van der Waals surface area contributed by atoms with Gasteiger partial charge in [0, 0.05) is 45.1 Å². The minimum absolute atomic E-state index is 0. The highest BCUT2D eigenvalue weighted by Crippen LogP contribution is 2.24. The summed E-state index contributed by atoms with van der Waals surface area (Å²) in [6.07, 6.45) is 4.36. The summed E-state index contributed by atoms with van der Waals surface area (Å²) in [5.41, 5.74) is 5.74. The lowest BCUT2D eigenvalue weighted by Crippen LogP contribution is -2.51. The van der Waals surface area contributed by atoms with E-state index in [1.54, 1.807) is 11.9 Å². The molecule has 5 nitrogen and oxygen atoms in total. The number of likely N-dealkylation sites (tertiary alicyclic amines) is 2. The SMILES string of the molecule is CN1CCC(C(=O)N2CCCCC2CN)CC1=O.Cl. The van der Waals surface area contributed by atoms with Crippen LogP contribution in [0.2, 0.25) is 0 Å². The van der Waals surface area contributed by atoms with E-state index >= 15 is 0 Å². The van der Waals surface area contributed by atoms with E-state index in [9.17, 15) is 9.59 Å². The lowest BCUT2D eigenvalue weighted by atomic mass is 9.92. The zero-order valence-electron chi connectivity index (χ0n) is 11.5. The first-order valence-electron chi connectivity index (χ1n) is 6.88. The summed E-state index contributed by atoms with van der Waals surface area (Å²) >= 11 is 0. The van der Waals surface area contributed by atoms with Gasteiger partial charge >= 0.3 is 0 Å². The predicted octanol–water partition coefficient (Wildman–Crippen LogP) is 0.616. The molecule has 19 heavy (non-hydrogen) atoms. The summed E-state index contributed by atoms with van der Waals surface area (Å²) in [5, 5.41) is 0. The molecule has 0 aromatic carbocycles. The Balaban J connectivity index is 0.00000180. The monoisotopic (exact) mass is 289 g/mol. The van der Waals surface area contributed by atoms with Crippen molar-refractivity contribution in [2.24, 2.45) is 11.7 Å². The van der Waals surface area contributed by atoms with Gasteiger partial charge in [0.1, 0.15) is 0 Å².